The van der Waals surface area contributed by atoms with E-state index in [-0.39, 0.29) is 0 Å². The van der Waals surface area contributed by atoms with Crippen LogP contribution in [0.15, 0.2) is 18.2 Å². The first-order valence-electron chi connectivity index (χ1n) is 8.36. The lowest BCUT2D eigenvalue weighted by Gasteiger charge is -2.27. The lowest BCUT2D eigenvalue weighted by atomic mass is 9.83. The molecular formula is C18H27F2N. The molecule has 1 N–H and O–H groups in total. The predicted molar refractivity (Wildman–Crippen MR) is 83.3 cm³/mol. The Bertz CT molecular complexity index is 427. The normalized spacial score (nSPS) is 17.9. The maximum absolute atomic E-state index is 13.3. The molecule has 0 bridgehead atoms. The van der Waals surface area contributed by atoms with Crippen LogP contribution in [0.1, 0.15) is 57.4 Å². The minimum Gasteiger partial charge on any atom is -0.314 e. The standard InChI is InChI=1S/C18H27F2N/c1-2-10-21-16(11-14-6-4-3-5-7-14)12-15-8-9-17(19)18(20)13-15/h8-9,13-14,16,21H,2-7,10-12H2,1H3. The van der Waals surface area contributed by atoms with Gasteiger partial charge in [0.25, 0.3) is 0 Å². The zero-order valence-electron chi connectivity index (χ0n) is 13.0. The molecule has 1 aliphatic rings. The summed E-state index contributed by atoms with van der Waals surface area (Å²) in [7, 11) is 0. The molecule has 1 aromatic rings. The maximum atomic E-state index is 13.3. The molecule has 0 spiro atoms. The van der Waals surface area contributed by atoms with Crippen LogP contribution in [0, 0.1) is 17.6 Å². The molecule has 3 heteroatoms. The molecule has 2 rings (SSSR count). The van der Waals surface area contributed by atoms with Crippen molar-refractivity contribution >= 4 is 0 Å². The van der Waals surface area contributed by atoms with Crippen molar-refractivity contribution in [1.29, 1.82) is 0 Å². The van der Waals surface area contributed by atoms with Gasteiger partial charge in [-0.05, 0) is 49.4 Å². The molecule has 1 saturated carbocycles. The van der Waals surface area contributed by atoms with Crippen molar-refractivity contribution < 1.29 is 8.78 Å². The Kier molecular flexibility index (Phi) is 6.62. The monoisotopic (exact) mass is 295 g/mol. The second kappa shape index (κ2) is 8.47. The third-order valence-electron chi connectivity index (χ3n) is 4.49. The summed E-state index contributed by atoms with van der Waals surface area (Å²) in [5, 5.41) is 3.58. The number of benzene rings is 1. The molecule has 0 saturated heterocycles. The molecule has 1 fully saturated rings. The van der Waals surface area contributed by atoms with Crippen molar-refractivity contribution in [3.8, 4) is 0 Å². The molecule has 1 aromatic carbocycles. The number of halogens is 2. The van der Waals surface area contributed by atoms with Crippen molar-refractivity contribution in [2.75, 3.05) is 6.54 Å². The molecular weight excluding hydrogens is 268 g/mol. The van der Waals surface area contributed by atoms with E-state index in [1.54, 1.807) is 6.07 Å². The highest BCUT2D eigenvalue weighted by Crippen LogP contribution is 2.28. The van der Waals surface area contributed by atoms with Crippen LogP contribution in [-0.4, -0.2) is 12.6 Å². The summed E-state index contributed by atoms with van der Waals surface area (Å²) in [6.45, 7) is 3.14. The van der Waals surface area contributed by atoms with E-state index in [0.29, 0.717) is 6.04 Å². The van der Waals surface area contributed by atoms with Crippen molar-refractivity contribution in [2.45, 2.75) is 64.3 Å². The van der Waals surface area contributed by atoms with Gasteiger partial charge in [-0.2, -0.15) is 0 Å². The number of hydrogen-bond donors (Lipinski definition) is 1. The summed E-state index contributed by atoms with van der Waals surface area (Å²) in [5.41, 5.74) is 0.887. The molecule has 1 aliphatic carbocycles. The summed E-state index contributed by atoms with van der Waals surface area (Å²) in [5.74, 6) is -0.707. The van der Waals surface area contributed by atoms with Crippen LogP contribution in [0.5, 0.6) is 0 Å². The van der Waals surface area contributed by atoms with Gasteiger partial charge in [0.1, 0.15) is 0 Å². The van der Waals surface area contributed by atoms with Gasteiger partial charge in [0.15, 0.2) is 11.6 Å². The number of hydrogen-bond acceptors (Lipinski definition) is 1. The van der Waals surface area contributed by atoms with E-state index in [2.05, 4.69) is 12.2 Å². The molecule has 0 heterocycles. The first-order chi connectivity index (χ1) is 10.2. The Labute approximate surface area is 127 Å². The fourth-order valence-electron chi connectivity index (χ4n) is 3.36. The van der Waals surface area contributed by atoms with Crippen LogP contribution in [0.3, 0.4) is 0 Å². The summed E-state index contributed by atoms with van der Waals surface area (Å²) < 4.78 is 26.4. The summed E-state index contributed by atoms with van der Waals surface area (Å²) in [4.78, 5) is 0. The van der Waals surface area contributed by atoms with Crippen LogP contribution in [-0.2, 0) is 6.42 Å². The van der Waals surface area contributed by atoms with E-state index in [1.807, 2.05) is 0 Å². The van der Waals surface area contributed by atoms with E-state index in [0.717, 1.165) is 37.3 Å². The van der Waals surface area contributed by atoms with Crippen LogP contribution in [0.4, 0.5) is 8.78 Å². The minimum atomic E-state index is -0.760. The van der Waals surface area contributed by atoms with Gasteiger partial charge in [-0.1, -0.05) is 45.1 Å². The van der Waals surface area contributed by atoms with Gasteiger partial charge in [0, 0.05) is 6.04 Å². The Morgan fingerprint density at radius 1 is 1.14 bits per heavy atom. The highest BCUT2D eigenvalue weighted by Gasteiger charge is 2.19. The van der Waals surface area contributed by atoms with Crippen LogP contribution >= 0.6 is 0 Å². The lowest BCUT2D eigenvalue weighted by Crippen LogP contribution is -2.34. The molecule has 0 amide bonds. The Morgan fingerprint density at radius 2 is 1.90 bits per heavy atom. The predicted octanol–water partition coefficient (Wildman–Crippen LogP) is 4.85. The van der Waals surface area contributed by atoms with Crippen molar-refractivity contribution in [3.05, 3.63) is 35.4 Å². The van der Waals surface area contributed by atoms with Gasteiger partial charge in [0.05, 0.1) is 0 Å². The van der Waals surface area contributed by atoms with E-state index in [9.17, 15) is 8.78 Å². The molecule has 21 heavy (non-hydrogen) atoms. The second-order valence-electron chi connectivity index (χ2n) is 6.34. The fraction of sp³-hybridized carbons (Fsp3) is 0.667. The van der Waals surface area contributed by atoms with E-state index in [4.69, 9.17) is 0 Å². The zero-order chi connectivity index (χ0) is 15.1. The van der Waals surface area contributed by atoms with E-state index in [1.165, 1.54) is 44.2 Å². The molecule has 0 aromatic heterocycles. The van der Waals surface area contributed by atoms with E-state index < -0.39 is 11.6 Å². The molecule has 118 valence electrons. The third-order valence-corrected chi connectivity index (χ3v) is 4.49. The van der Waals surface area contributed by atoms with Crippen molar-refractivity contribution in [1.82, 2.24) is 5.32 Å². The Balaban J connectivity index is 1.95. The van der Waals surface area contributed by atoms with Crippen LogP contribution in [0.2, 0.25) is 0 Å². The average Bonchev–Trinajstić information content (AvgIpc) is 2.49. The largest absolute Gasteiger partial charge is 0.314 e. The molecule has 1 atom stereocenters. The molecule has 0 radical (unpaired) electrons. The zero-order valence-corrected chi connectivity index (χ0v) is 13.0. The fourth-order valence-corrected chi connectivity index (χ4v) is 3.36. The quantitative estimate of drug-likeness (QED) is 0.758. The first-order valence-corrected chi connectivity index (χ1v) is 8.36. The molecule has 1 unspecified atom stereocenters. The Hall–Kier alpha value is -0.960. The van der Waals surface area contributed by atoms with Gasteiger partial charge < -0.3 is 5.32 Å². The van der Waals surface area contributed by atoms with Crippen LogP contribution in [0.25, 0.3) is 0 Å². The summed E-state index contributed by atoms with van der Waals surface area (Å²) in [6.07, 6.45) is 9.73. The maximum Gasteiger partial charge on any atom is 0.159 e. The smallest absolute Gasteiger partial charge is 0.159 e. The minimum absolute atomic E-state index is 0.373. The second-order valence-corrected chi connectivity index (χ2v) is 6.34. The van der Waals surface area contributed by atoms with Gasteiger partial charge in [0.2, 0.25) is 0 Å². The van der Waals surface area contributed by atoms with Gasteiger partial charge in [-0.3, -0.25) is 0 Å². The number of rotatable bonds is 7. The molecule has 0 aliphatic heterocycles. The van der Waals surface area contributed by atoms with Crippen LogP contribution < -0.4 is 5.32 Å². The highest BCUT2D eigenvalue weighted by atomic mass is 19.2. The topological polar surface area (TPSA) is 12.0 Å². The SMILES string of the molecule is CCCNC(Cc1ccc(F)c(F)c1)CC1CCCCC1. The average molecular weight is 295 g/mol. The van der Waals surface area contributed by atoms with Gasteiger partial charge in [-0.15, -0.1) is 0 Å². The third kappa shape index (κ3) is 5.39. The number of nitrogens with one attached hydrogen (secondary N) is 1. The molecule has 1 nitrogen and oxygen atoms in total. The summed E-state index contributed by atoms with van der Waals surface area (Å²) >= 11 is 0. The summed E-state index contributed by atoms with van der Waals surface area (Å²) in [6, 6.07) is 4.66. The lowest BCUT2D eigenvalue weighted by molar-refractivity contribution is 0.296. The van der Waals surface area contributed by atoms with Crippen molar-refractivity contribution in [3.63, 3.8) is 0 Å². The van der Waals surface area contributed by atoms with Crippen molar-refractivity contribution in [2.24, 2.45) is 5.92 Å². The highest BCUT2D eigenvalue weighted by molar-refractivity contribution is 5.18. The Morgan fingerprint density at radius 3 is 2.57 bits per heavy atom. The first kappa shape index (κ1) is 16.4. The van der Waals surface area contributed by atoms with Gasteiger partial charge >= 0.3 is 0 Å². The van der Waals surface area contributed by atoms with Gasteiger partial charge in [-0.25, -0.2) is 8.78 Å². The van der Waals surface area contributed by atoms with E-state index >= 15 is 0 Å².